The minimum atomic E-state index is -4.58. The number of alkyl halides is 3. The molecule has 1 atom stereocenters. The molecule has 21 heavy (non-hydrogen) atoms. The SMILES string of the molecule is NCC(NCCCC1CC1)c1ccc(F)cc1C(F)(F)F. The Morgan fingerprint density at radius 2 is 2.00 bits per heavy atom. The van der Waals surface area contributed by atoms with E-state index in [0.717, 1.165) is 24.8 Å². The summed E-state index contributed by atoms with van der Waals surface area (Å²) in [6.45, 7) is 0.658. The zero-order valence-electron chi connectivity index (χ0n) is 11.7. The zero-order valence-corrected chi connectivity index (χ0v) is 11.7. The van der Waals surface area contributed by atoms with Crippen molar-refractivity contribution < 1.29 is 17.6 Å². The average molecular weight is 304 g/mol. The van der Waals surface area contributed by atoms with E-state index in [0.29, 0.717) is 12.6 Å². The van der Waals surface area contributed by atoms with Gasteiger partial charge in [-0.2, -0.15) is 13.2 Å². The first kappa shape index (κ1) is 16.2. The fourth-order valence-electron chi connectivity index (χ4n) is 2.47. The largest absolute Gasteiger partial charge is 0.416 e. The molecule has 2 rings (SSSR count). The molecule has 1 aromatic rings. The fraction of sp³-hybridized carbons (Fsp3) is 0.600. The summed E-state index contributed by atoms with van der Waals surface area (Å²) in [5.74, 6) is -0.102. The summed E-state index contributed by atoms with van der Waals surface area (Å²) in [5, 5.41) is 3.05. The maximum absolute atomic E-state index is 13.1. The second kappa shape index (κ2) is 6.75. The van der Waals surface area contributed by atoms with Gasteiger partial charge in [-0.15, -0.1) is 0 Å². The highest BCUT2D eigenvalue weighted by atomic mass is 19.4. The predicted octanol–water partition coefficient (Wildman–Crippen LogP) is 3.62. The molecule has 0 bridgehead atoms. The van der Waals surface area contributed by atoms with Crippen molar-refractivity contribution in [3.05, 3.63) is 35.1 Å². The Kier molecular flexibility index (Phi) is 5.22. The molecule has 0 aliphatic heterocycles. The standard InChI is InChI=1S/C15H20F4N2/c16-11-5-6-12(13(8-11)15(17,18)19)14(9-20)21-7-1-2-10-3-4-10/h5-6,8,10,14,21H,1-4,7,9,20H2. The lowest BCUT2D eigenvalue weighted by molar-refractivity contribution is -0.138. The number of nitrogens with two attached hydrogens (primary N) is 1. The van der Waals surface area contributed by atoms with Crippen LogP contribution in [0.2, 0.25) is 0 Å². The van der Waals surface area contributed by atoms with Gasteiger partial charge in [0.05, 0.1) is 5.56 Å². The van der Waals surface area contributed by atoms with Gasteiger partial charge in [0.25, 0.3) is 0 Å². The summed E-state index contributed by atoms with van der Waals surface area (Å²) in [5.41, 5.74) is 4.65. The van der Waals surface area contributed by atoms with Crippen molar-refractivity contribution in [1.29, 1.82) is 0 Å². The molecular formula is C15H20F4N2. The van der Waals surface area contributed by atoms with Crippen molar-refractivity contribution in [3.63, 3.8) is 0 Å². The summed E-state index contributed by atoms with van der Waals surface area (Å²) >= 11 is 0. The molecule has 1 aromatic carbocycles. The van der Waals surface area contributed by atoms with Gasteiger partial charge in [-0.3, -0.25) is 0 Å². The van der Waals surface area contributed by atoms with Crippen LogP contribution in [0.5, 0.6) is 0 Å². The van der Waals surface area contributed by atoms with Gasteiger partial charge in [-0.1, -0.05) is 18.9 Å². The molecule has 1 unspecified atom stereocenters. The molecule has 1 aliphatic carbocycles. The van der Waals surface area contributed by atoms with Crippen LogP contribution in [-0.4, -0.2) is 13.1 Å². The van der Waals surface area contributed by atoms with Crippen LogP contribution in [0.1, 0.15) is 42.9 Å². The first-order chi connectivity index (χ1) is 9.91. The van der Waals surface area contributed by atoms with Crippen LogP contribution in [-0.2, 0) is 6.18 Å². The summed E-state index contributed by atoms with van der Waals surface area (Å²) in [6, 6.07) is 2.13. The molecule has 1 saturated carbocycles. The highest BCUT2D eigenvalue weighted by Crippen LogP contribution is 2.35. The number of hydrogen-bond acceptors (Lipinski definition) is 2. The van der Waals surface area contributed by atoms with Gasteiger partial charge in [0, 0.05) is 12.6 Å². The van der Waals surface area contributed by atoms with Crippen molar-refractivity contribution in [3.8, 4) is 0 Å². The fourth-order valence-corrected chi connectivity index (χ4v) is 2.47. The van der Waals surface area contributed by atoms with E-state index in [2.05, 4.69) is 5.32 Å². The smallest absolute Gasteiger partial charge is 0.329 e. The molecule has 2 nitrogen and oxygen atoms in total. The van der Waals surface area contributed by atoms with Crippen LogP contribution >= 0.6 is 0 Å². The summed E-state index contributed by atoms with van der Waals surface area (Å²) < 4.78 is 52.1. The van der Waals surface area contributed by atoms with E-state index in [4.69, 9.17) is 5.73 Å². The highest BCUT2D eigenvalue weighted by molar-refractivity contribution is 5.33. The van der Waals surface area contributed by atoms with E-state index in [-0.39, 0.29) is 12.1 Å². The minimum absolute atomic E-state index is 0.0119. The molecule has 0 amide bonds. The summed E-state index contributed by atoms with van der Waals surface area (Å²) in [7, 11) is 0. The third-order valence-corrected chi connectivity index (χ3v) is 3.81. The Balaban J connectivity index is 2.05. The van der Waals surface area contributed by atoms with Crippen molar-refractivity contribution in [1.82, 2.24) is 5.32 Å². The molecule has 0 aromatic heterocycles. The first-order valence-corrected chi connectivity index (χ1v) is 7.22. The second-order valence-electron chi connectivity index (χ2n) is 5.56. The Hall–Kier alpha value is -1.14. The van der Waals surface area contributed by atoms with Crippen molar-refractivity contribution >= 4 is 0 Å². The first-order valence-electron chi connectivity index (χ1n) is 7.22. The molecule has 0 heterocycles. The van der Waals surface area contributed by atoms with E-state index in [1.165, 1.54) is 18.9 Å². The highest BCUT2D eigenvalue weighted by Gasteiger charge is 2.35. The van der Waals surface area contributed by atoms with Crippen LogP contribution < -0.4 is 11.1 Å². The lowest BCUT2D eigenvalue weighted by Crippen LogP contribution is -2.31. The predicted molar refractivity (Wildman–Crippen MR) is 73.2 cm³/mol. The number of rotatable bonds is 7. The number of nitrogens with one attached hydrogen (secondary N) is 1. The second-order valence-corrected chi connectivity index (χ2v) is 5.56. The summed E-state index contributed by atoms with van der Waals surface area (Å²) in [6.07, 6.45) is -0.0445. The third-order valence-electron chi connectivity index (χ3n) is 3.81. The average Bonchev–Trinajstić information content (AvgIpc) is 3.22. The maximum atomic E-state index is 13.1. The topological polar surface area (TPSA) is 38.0 Å². The van der Waals surface area contributed by atoms with E-state index < -0.39 is 23.6 Å². The zero-order chi connectivity index (χ0) is 15.5. The molecule has 1 aliphatic rings. The van der Waals surface area contributed by atoms with E-state index >= 15 is 0 Å². The monoisotopic (exact) mass is 304 g/mol. The van der Waals surface area contributed by atoms with Crippen LogP contribution in [0.15, 0.2) is 18.2 Å². The lowest BCUT2D eigenvalue weighted by Gasteiger charge is -2.22. The number of benzene rings is 1. The van der Waals surface area contributed by atoms with Gasteiger partial charge in [0.2, 0.25) is 0 Å². The van der Waals surface area contributed by atoms with Gasteiger partial charge in [-0.05, 0) is 43.0 Å². The Labute approximate surface area is 121 Å². The van der Waals surface area contributed by atoms with Gasteiger partial charge >= 0.3 is 6.18 Å². The molecule has 0 radical (unpaired) electrons. The van der Waals surface area contributed by atoms with E-state index in [1.54, 1.807) is 0 Å². The van der Waals surface area contributed by atoms with E-state index in [1.807, 2.05) is 0 Å². The molecule has 0 spiro atoms. The van der Waals surface area contributed by atoms with Gasteiger partial charge in [0.15, 0.2) is 0 Å². The Bertz CT molecular complexity index is 469. The minimum Gasteiger partial charge on any atom is -0.329 e. The van der Waals surface area contributed by atoms with Gasteiger partial charge in [0.1, 0.15) is 5.82 Å². The quantitative estimate of drug-likeness (QED) is 0.596. The van der Waals surface area contributed by atoms with Crippen LogP contribution in [0.3, 0.4) is 0 Å². The Morgan fingerprint density at radius 3 is 2.57 bits per heavy atom. The molecular weight excluding hydrogens is 284 g/mol. The number of halogens is 4. The lowest BCUT2D eigenvalue weighted by atomic mass is 9.99. The molecule has 1 fully saturated rings. The third kappa shape index (κ3) is 4.68. The molecule has 118 valence electrons. The van der Waals surface area contributed by atoms with Crippen LogP contribution in [0.25, 0.3) is 0 Å². The van der Waals surface area contributed by atoms with Gasteiger partial charge in [-0.25, -0.2) is 4.39 Å². The Morgan fingerprint density at radius 1 is 1.29 bits per heavy atom. The van der Waals surface area contributed by atoms with Crippen LogP contribution in [0.4, 0.5) is 17.6 Å². The molecule has 0 saturated heterocycles. The summed E-state index contributed by atoms with van der Waals surface area (Å²) in [4.78, 5) is 0. The van der Waals surface area contributed by atoms with Crippen molar-refractivity contribution in [2.75, 3.05) is 13.1 Å². The normalized spacial score (nSPS) is 17.0. The van der Waals surface area contributed by atoms with Crippen molar-refractivity contribution in [2.45, 2.75) is 37.9 Å². The van der Waals surface area contributed by atoms with Crippen molar-refractivity contribution in [2.24, 2.45) is 11.7 Å². The molecule has 6 heteroatoms. The number of hydrogen-bond donors (Lipinski definition) is 2. The van der Waals surface area contributed by atoms with E-state index in [9.17, 15) is 17.6 Å². The molecule has 3 N–H and O–H groups in total. The van der Waals surface area contributed by atoms with Crippen LogP contribution in [0, 0.1) is 11.7 Å². The maximum Gasteiger partial charge on any atom is 0.416 e. The van der Waals surface area contributed by atoms with Gasteiger partial charge < -0.3 is 11.1 Å².